The van der Waals surface area contributed by atoms with Crippen molar-refractivity contribution >= 4 is 11.2 Å². The lowest BCUT2D eigenvalue weighted by atomic mass is 10.2. The van der Waals surface area contributed by atoms with Gasteiger partial charge in [-0.05, 0) is 0 Å². The number of hydrogen-bond acceptors (Lipinski definition) is 4. The predicted molar refractivity (Wildman–Crippen MR) is 57.6 cm³/mol. The molecule has 1 unspecified atom stereocenters. The Balaban J connectivity index is 2.32. The van der Waals surface area contributed by atoms with Crippen molar-refractivity contribution in [3.8, 4) is 11.3 Å². The molecular weight excluding hydrogens is 210 g/mol. The lowest BCUT2D eigenvalue weighted by Crippen LogP contribution is -2.05. The van der Waals surface area contributed by atoms with Crippen molar-refractivity contribution in [3.63, 3.8) is 0 Å². The van der Waals surface area contributed by atoms with E-state index in [0.29, 0.717) is 5.69 Å². The zero-order valence-electron chi connectivity index (χ0n) is 8.12. The summed E-state index contributed by atoms with van der Waals surface area (Å²) >= 11 is -1.18. The first kappa shape index (κ1) is 10.1. The summed E-state index contributed by atoms with van der Waals surface area (Å²) in [6.07, 6.45) is 3.11. The molecule has 2 aromatic rings. The van der Waals surface area contributed by atoms with Gasteiger partial charge in [-0.25, -0.2) is 0 Å². The molecule has 1 aromatic heterocycles. The highest BCUT2D eigenvalue weighted by atomic mass is 32.2. The van der Waals surface area contributed by atoms with Crippen LogP contribution in [0.1, 0.15) is 0 Å². The van der Waals surface area contributed by atoms with E-state index in [2.05, 4.69) is 15.2 Å². The van der Waals surface area contributed by atoms with E-state index in [1.807, 2.05) is 30.3 Å². The first-order valence-electron chi connectivity index (χ1n) is 4.36. The molecule has 0 aliphatic heterocycles. The molecule has 0 bridgehead atoms. The minimum atomic E-state index is -1.18. The highest BCUT2D eigenvalue weighted by Gasteiger charge is 2.09. The summed E-state index contributed by atoms with van der Waals surface area (Å²) in [7, 11) is 0. The number of aromatic nitrogens is 3. The lowest BCUT2D eigenvalue weighted by Gasteiger charge is -2.01. The molecular formula is C10H9N3OS. The summed E-state index contributed by atoms with van der Waals surface area (Å²) in [5, 5.41) is 8.02. The van der Waals surface area contributed by atoms with Gasteiger partial charge in [-0.3, -0.25) is 0 Å². The maximum Gasteiger partial charge on any atom is 0.361 e. The average molecular weight is 219 g/mol. The van der Waals surface area contributed by atoms with E-state index in [1.165, 1.54) is 6.26 Å². The molecule has 0 amide bonds. The molecule has 0 N–H and O–H groups in total. The van der Waals surface area contributed by atoms with Crippen LogP contribution in [0.25, 0.3) is 11.3 Å². The second-order valence-corrected chi connectivity index (χ2v) is 4.22. The summed E-state index contributed by atoms with van der Waals surface area (Å²) < 4.78 is 11.0. The molecule has 1 heterocycles. The summed E-state index contributed by atoms with van der Waals surface area (Å²) in [4.78, 5) is 3.98. The maximum absolute atomic E-state index is 11.0. The Labute approximate surface area is 90.6 Å². The van der Waals surface area contributed by atoms with Gasteiger partial charge in [0.05, 0.1) is 6.20 Å². The van der Waals surface area contributed by atoms with Crippen molar-refractivity contribution in [3.05, 3.63) is 36.5 Å². The molecule has 4 nitrogen and oxygen atoms in total. The van der Waals surface area contributed by atoms with E-state index < -0.39 is 11.2 Å². The molecule has 0 radical (unpaired) electrons. The molecule has 15 heavy (non-hydrogen) atoms. The zero-order chi connectivity index (χ0) is 10.7. The van der Waals surface area contributed by atoms with Crippen molar-refractivity contribution in [2.45, 2.75) is 5.16 Å². The first-order valence-corrected chi connectivity index (χ1v) is 5.92. The van der Waals surface area contributed by atoms with Crippen molar-refractivity contribution in [2.75, 3.05) is 6.26 Å². The quantitative estimate of drug-likeness (QED) is 0.714. The van der Waals surface area contributed by atoms with Gasteiger partial charge in [0.1, 0.15) is 11.9 Å². The Morgan fingerprint density at radius 3 is 2.40 bits per heavy atom. The fraction of sp³-hybridized carbons (Fsp3) is 0.100. The number of rotatable bonds is 2. The van der Waals surface area contributed by atoms with Crippen molar-refractivity contribution in [1.29, 1.82) is 0 Å². The molecule has 5 heteroatoms. The number of nitrogens with zero attached hydrogens (tertiary/aromatic N) is 3. The SMILES string of the molecule is C[S+]([O-])c1ncc(-c2ccccc2)nn1. The average Bonchev–Trinajstić information content (AvgIpc) is 2.30. The minimum Gasteiger partial charge on any atom is -0.609 e. The third-order valence-electron chi connectivity index (χ3n) is 1.87. The summed E-state index contributed by atoms with van der Waals surface area (Å²) in [5.41, 5.74) is 1.63. The van der Waals surface area contributed by atoms with Crippen molar-refractivity contribution in [2.24, 2.45) is 0 Å². The van der Waals surface area contributed by atoms with Crippen LogP contribution in [0, 0.1) is 0 Å². The Morgan fingerprint density at radius 1 is 1.13 bits per heavy atom. The standard InChI is InChI=1S/C10H9N3OS/c1-15(14)10-11-7-9(12-13-10)8-5-3-2-4-6-8/h2-7H,1H3. The molecule has 1 aromatic carbocycles. The van der Waals surface area contributed by atoms with Crippen LogP contribution in [-0.4, -0.2) is 26.0 Å². The van der Waals surface area contributed by atoms with Crippen molar-refractivity contribution < 1.29 is 4.55 Å². The van der Waals surface area contributed by atoms with Gasteiger partial charge in [-0.1, -0.05) is 35.4 Å². The van der Waals surface area contributed by atoms with E-state index in [1.54, 1.807) is 6.20 Å². The van der Waals surface area contributed by atoms with E-state index >= 15 is 0 Å². The molecule has 1 atom stereocenters. The smallest absolute Gasteiger partial charge is 0.361 e. The van der Waals surface area contributed by atoms with E-state index in [4.69, 9.17) is 0 Å². The summed E-state index contributed by atoms with van der Waals surface area (Å²) in [5.74, 6) is 0. The minimum absolute atomic E-state index is 0.259. The second-order valence-electron chi connectivity index (χ2n) is 2.95. The van der Waals surface area contributed by atoms with Crippen LogP contribution in [0.4, 0.5) is 0 Å². The zero-order valence-corrected chi connectivity index (χ0v) is 8.94. The van der Waals surface area contributed by atoms with Crippen LogP contribution in [-0.2, 0) is 11.2 Å². The monoisotopic (exact) mass is 219 g/mol. The van der Waals surface area contributed by atoms with Gasteiger partial charge in [-0.2, -0.15) is 4.98 Å². The third kappa shape index (κ3) is 2.31. The summed E-state index contributed by atoms with van der Waals surface area (Å²) in [6.45, 7) is 0. The molecule has 0 saturated carbocycles. The maximum atomic E-state index is 11.0. The third-order valence-corrected chi connectivity index (χ3v) is 2.57. The normalized spacial score (nSPS) is 12.4. The van der Waals surface area contributed by atoms with E-state index in [0.717, 1.165) is 5.56 Å². The fourth-order valence-electron chi connectivity index (χ4n) is 1.14. The molecule has 0 spiro atoms. The topological polar surface area (TPSA) is 61.7 Å². The lowest BCUT2D eigenvalue weighted by molar-refractivity contribution is 0.588. The molecule has 0 aliphatic carbocycles. The fourth-order valence-corrected chi connectivity index (χ4v) is 1.49. The van der Waals surface area contributed by atoms with Gasteiger partial charge in [0.2, 0.25) is 0 Å². The molecule has 76 valence electrons. The van der Waals surface area contributed by atoms with Gasteiger partial charge >= 0.3 is 5.16 Å². The Hall–Kier alpha value is -1.46. The van der Waals surface area contributed by atoms with Gasteiger partial charge in [0, 0.05) is 16.7 Å². The Morgan fingerprint density at radius 2 is 1.87 bits per heavy atom. The van der Waals surface area contributed by atoms with Crippen LogP contribution in [0.5, 0.6) is 0 Å². The van der Waals surface area contributed by atoms with Crippen LogP contribution in [0.2, 0.25) is 0 Å². The van der Waals surface area contributed by atoms with Gasteiger partial charge in [0.25, 0.3) is 0 Å². The molecule has 0 aliphatic rings. The van der Waals surface area contributed by atoms with E-state index in [-0.39, 0.29) is 5.16 Å². The van der Waals surface area contributed by atoms with Gasteiger partial charge in [-0.15, -0.1) is 5.10 Å². The van der Waals surface area contributed by atoms with Crippen LogP contribution >= 0.6 is 0 Å². The molecule has 0 fully saturated rings. The van der Waals surface area contributed by atoms with Gasteiger partial charge < -0.3 is 4.55 Å². The molecule has 2 rings (SSSR count). The largest absolute Gasteiger partial charge is 0.609 e. The number of hydrogen-bond donors (Lipinski definition) is 0. The first-order chi connectivity index (χ1) is 7.27. The highest BCUT2D eigenvalue weighted by Crippen LogP contribution is 2.14. The van der Waals surface area contributed by atoms with Crippen LogP contribution < -0.4 is 0 Å². The number of benzene rings is 1. The molecule has 0 saturated heterocycles. The van der Waals surface area contributed by atoms with Crippen LogP contribution in [0.3, 0.4) is 0 Å². The van der Waals surface area contributed by atoms with E-state index in [9.17, 15) is 4.55 Å². The highest BCUT2D eigenvalue weighted by molar-refractivity contribution is 7.90. The van der Waals surface area contributed by atoms with Gasteiger partial charge in [0.15, 0.2) is 0 Å². The predicted octanol–water partition coefficient (Wildman–Crippen LogP) is 1.28. The Kier molecular flexibility index (Phi) is 2.94. The Bertz CT molecular complexity index is 430. The summed E-state index contributed by atoms with van der Waals surface area (Å²) in [6, 6.07) is 9.62. The van der Waals surface area contributed by atoms with Crippen molar-refractivity contribution in [1.82, 2.24) is 15.2 Å². The van der Waals surface area contributed by atoms with Crippen LogP contribution in [0.15, 0.2) is 41.7 Å². The second kappa shape index (κ2) is 4.37.